The van der Waals surface area contributed by atoms with Crippen LogP contribution < -0.4 is 5.32 Å². The first kappa shape index (κ1) is 11.0. The fraction of sp³-hybridized carbons (Fsp3) is 0.300. The molecule has 14 heavy (non-hydrogen) atoms. The van der Waals surface area contributed by atoms with E-state index in [9.17, 15) is 4.79 Å². The highest BCUT2D eigenvalue weighted by atomic mass is 35.5. The minimum absolute atomic E-state index is 0.606. The second-order valence-electron chi connectivity index (χ2n) is 2.88. The largest absolute Gasteiger partial charge is 0.480 e. The Balaban J connectivity index is 2.87. The summed E-state index contributed by atoms with van der Waals surface area (Å²) >= 11 is 5.71. The zero-order valence-electron chi connectivity index (χ0n) is 7.83. The number of carboxylic acids is 1. The van der Waals surface area contributed by atoms with Gasteiger partial charge in [-0.05, 0) is 24.2 Å². The highest BCUT2D eigenvalue weighted by Gasteiger charge is 2.17. The van der Waals surface area contributed by atoms with Gasteiger partial charge < -0.3 is 10.4 Å². The summed E-state index contributed by atoms with van der Waals surface area (Å²) in [5.41, 5.74) is 0.712. The number of carboxylic acid groups (broad SMARTS) is 1. The fourth-order valence-corrected chi connectivity index (χ4v) is 1.33. The van der Waals surface area contributed by atoms with Gasteiger partial charge in [-0.3, -0.25) is 4.79 Å². The van der Waals surface area contributed by atoms with Gasteiger partial charge in [0.25, 0.3) is 0 Å². The van der Waals surface area contributed by atoms with Gasteiger partial charge in [-0.1, -0.05) is 30.7 Å². The van der Waals surface area contributed by atoms with E-state index in [1.54, 1.807) is 24.3 Å². The highest BCUT2D eigenvalue weighted by Crippen LogP contribution is 2.16. The van der Waals surface area contributed by atoms with Crippen LogP contribution in [0.5, 0.6) is 0 Å². The van der Waals surface area contributed by atoms with Gasteiger partial charge in [-0.2, -0.15) is 0 Å². The average Bonchev–Trinajstić information content (AvgIpc) is 2.15. The van der Waals surface area contributed by atoms with Crippen LogP contribution in [0.2, 0.25) is 5.02 Å². The van der Waals surface area contributed by atoms with Crippen molar-refractivity contribution in [1.82, 2.24) is 5.32 Å². The van der Waals surface area contributed by atoms with Crippen LogP contribution in [0.15, 0.2) is 24.3 Å². The summed E-state index contributed by atoms with van der Waals surface area (Å²) in [6, 6.07) is 6.14. The predicted molar refractivity (Wildman–Crippen MR) is 55.5 cm³/mol. The van der Waals surface area contributed by atoms with Gasteiger partial charge in [-0.15, -0.1) is 0 Å². The third-order valence-corrected chi connectivity index (χ3v) is 2.11. The molecule has 0 radical (unpaired) electrons. The van der Waals surface area contributed by atoms with E-state index in [2.05, 4.69) is 5.32 Å². The van der Waals surface area contributed by atoms with E-state index < -0.39 is 12.0 Å². The summed E-state index contributed by atoms with van der Waals surface area (Å²) in [6.45, 7) is 2.48. The summed E-state index contributed by atoms with van der Waals surface area (Å²) in [7, 11) is 0. The highest BCUT2D eigenvalue weighted by molar-refractivity contribution is 6.30. The summed E-state index contributed by atoms with van der Waals surface area (Å²) in [5, 5.41) is 12.4. The standard InChI is InChI=1S/C10H12ClNO2/c1-2-12-9(10(13)14)7-3-5-8(11)6-4-7/h3-6,9,12H,2H2,1H3,(H,13,14). The molecule has 0 aromatic heterocycles. The molecule has 3 nitrogen and oxygen atoms in total. The van der Waals surface area contributed by atoms with E-state index in [1.807, 2.05) is 6.92 Å². The van der Waals surface area contributed by atoms with Crippen molar-refractivity contribution >= 4 is 17.6 Å². The van der Waals surface area contributed by atoms with Crippen molar-refractivity contribution in [2.45, 2.75) is 13.0 Å². The Morgan fingerprint density at radius 2 is 2.07 bits per heavy atom. The molecule has 4 heteroatoms. The van der Waals surface area contributed by atoms with Crippen LogP contribution in [0.3, 0.4) is 0 Å². The van der Waals surface area contributed by atoms with Crippen molar-refractivity contribution in [3.05, 3.63) is 34.9 Å². The van der Waals surface area contributed by atoms with Gasteiger partial charge in [-0.25, -0.2) is 0 Å². The predicted octanol–water partition coefficient (Wildman–Crippen LogP) is 2.08. The van der Waals surface area contributed by atoms with E-state index in [0.29, 0.717) is 17.1 Å². The number of benzene rings is 1. The van der Waals surface area contributed by atoms with Crippen LogP contribution in [0.25, 0.3) is 0 Å². The van der Waals surface area contributed by atoms with E-state index in [0.717, 1.165) is 0 Å². The van der Waals surface area contributed by atoms with E-state index in [1.165, 1.54) is 0 Å². The van der Waals surface area contributed by atoms with Gasteiger partial charge in [0.1, 0.15) is 6.04 Å². The van der Waals surface area contributed by atoms with Crippen molar-refractivity contribution in [1.29, 1.82) is 0 Å². The van der Waals surface area contributed by atoms with Crippen molar-refractivity contribution in [2.75, 3.05) is 6.54 Å². The third kappa shape index (κ3) is 2.72. The Morgan fingerprint density at radius 1 is 1.50 bits per heavy atom. The Morgan fingerprint density at radius 3 is 2.50 bits per heavy atom. The molecular weight excluding hydrogens is 202 g/mol. The number of aliphatic carboxylic acids is 1. The maximum absolute atomic E-state index is 10.9. The van der Waals surface area contributed by atoms with Gasteiger partial charge in [0, 0.05) is 5.02 Å². The molecule has 1 aromatic rings. The van der Waals surface area contributed by atoms with E-state index in [-0.39, 0.29) is 0 Å². The van der Waals surface area contributed by atoms with Gasteiger partial charge in [0.15, 0.2) is 0 Å². The molecular formula is C10H12ClNO2. The normalized spacial score (nSPS) is 12.4. The molecule has 1 atom stereocenters. The molecule has 0 saturated heterocycles. The number of halogens is 1. The number of likely N-dealkylation sites (N-methyl/N-ethyl adjacent to an activating group) is 1. The molecule has 76 valence electrons. The lowest BCUT2D eigenvalue weighted by Crippen LogP contribution is -2.28. The van der Waals surface area contributed by atoms with E-state index in [4.69, 9.17) is 16.7 Å². The van der Waals surface area contributed by atoms with Gasteiger partial charge >= 0.3 is 5.97 Å². The zero-order valence-corrected chi connectivity index (χ0v) is 8.58. The SMILES string of the molecule is CCNC(C(=O)O)c1ccc(Cl)cc1. The molecule has 1 rings (SSSR count). The number of hydrogen-bond acceptors (Lipinski definition) is 2. The minimum atomic E-state index is -0.880. The van der Waals surface area contributed by atoms with Crippen molar-refractivity contribution in [3.8, 4) is 0 Å². The molecule has 1 unspecified atom stereocenters. The second kappa shape index (κ2) is 4.98. The summed E-state index contributed by atoms with van der Waals surface area (Å²) in [5.74, 6) is -0.880. The lowest BCUT2D eigenvalue weighted by atomic mass is 10.1. The van der Waals surface area contributed by atoms with Gasteiger partial charge in [0.05, 0.1) is 0 Å². The third-order valence-electron chi connectivity index (χ3n) is 1.86. The van der Waals surface area contributed by atoms with Crippen molar-refractivity contribution in [3.63, 3.8) is 0 Å². The monoisotopic (exact) mass is 213 g/mol. The minimum Gasteiger partial charge on any atom is -0.480 e. The molecule has 0 fully saturated rings. The maximum atomic E-state index is 10.9. The Labute approximate surface area is 87.7 Å². The molecule has 0 aliphatic heterocycles. The lowest BCUT2D eigenvalue weighted by molar-refractivity contribution is -0.139. The number of carbonyl (C=O) groups is 1. The van der Waals surface area contributed by atoms with Crippen LogP contribution >= 0.6 is 11.6 Å². The second-order valence-corrected chi connectivity index (χ2v) is 3.32. The van der Waals surface area contributed by atoms with Crippen molar-refractivity contribution < 1.29 is 9.90 Å². The van der Waals surface area contributed by atoms with Crippen LogP contribution in [-0.2, 0) is 4.79 Å². The summed E-state index contributed by atoms with van der Waals surface area (Å²) < 4.78 is 0. The van der Waals surface area contributed by atoms with E-state index >= 15 is 0 Å². The van der Waals surface area contributed by atoms with Crippen LogP contribution in [0, 0.1) is 0 Å². The Hall–Kier alpha value is -1.06. The first-order chi connectivity index (χ1) is 6.65. The van der Waals surface area contributed by atoms with Crippen molar-refractivity contribution in [2.24, 2.45) is 0 Å². The smallest absolute Gasteiger partial charge is 0.325 e. The van der Waals surface area contributed by atoms with Gasteiger partial charge in [0.2, 0.25) is 0 Å². The quantitative estimate of drug-likeness (QED) is 0.805. The molecule has 0 amide bonds. The summed E-state index contributed by atoms with van der Waals surface area (Å²) in [4.78, 5) is 10.9. The first-order valence-corrected chi connectivity index (χ1v) is 4.74. The maximum Gasteiger partial charge on any atom is 0.325 e. The molecule has 0 aliphatic rings. The molecule has 0 aliphatic carbocycles. The fourth-order valence-electron chi connectivity index (χ4n) is 1.21. The molecule has 0 spiro atoms. The number of rotatable bonds is 4. The van der Waals surface area contributed by atoms with Crippen LogP contribution in [0.1, 0.15) is 18.5 Å². The molecule has 0 bridgehead atoms. The Kier molecular flexibility index (Phi) is 3.92. The number of nitrogens with one attached hydrogen (secondary N) is 1. The summed E-state index contributed by atoms with van der Waals surface area (Å²) in [6.07, 6.45) is 0. The molecule has 2 N–H and O–H groups in total. The molecule has 0 saturated carbocycles. The zero-order chi connectivity index (χ0) is 10.6. The Bertz CT molecular complexity index is 310. The molecule has 0 heterocycles. The molecule has 1 aromatic carbocycles. The van der Waals surface area contributed by atoms with Crippen LogP contribution in [0.4, 0.5) is 0 Å². The first-order valence-electron chi connectivity index (χ1n) is 4.36. The average molecular weight is 214 g/mol. The lowest BCUT2D eigenvalue weighted by Gasteiger charge is -2.13. The van der Waals surface area contributed by atoms with Crippen LogP contribution in [-0.4, -0.2) is 17.6 Å². The topological polar surface area (TPSA) is 49.3 Å². The number of hydrogen-bond donors (Lipinski definition) is 2.